The summed E-state index contributed by atoms with van der Waals surface area (Å²) in [7, 11) is 1.92. The maximum Gasteiger partial charge on any atom is 0.267 e. The molecule has 1 aromatic heterocycles. The molecule has 1 aliphatic heterocycles. The van der Waals surface area contributed by atoms with Crippen molar-refractivity contribution in [3.05, 3.63) is 10.6 Å². The lowest BCUT2D eigenvalue weighted by atomic mass is 10.2. The van der Waals surface area contributed by atoms with Crippen LogP contribution in [-0.4, -0.2) is 46.6 Å². The fraction of sp³-hybridized carbons (Fsp3) is 0.700. The Morgan fingerprint density at radius 3 is 3.12 bits per heavy atom. The van der Waals surface area contributed by atoms with E-state index in [0.29, 0.717) is 10.9 Å². The number of hydrogen-bond donors (Lipinski definition) is 1. The third kappa shape index (κ3) is 2.08. The molecule has 1 unspecified atom stereocenters. The molecule has 0 aliphatic carbocycles. The number of likely N-dealkylation sites (N-methyl/N-ethyl adjacent to an activating group) is 1. The van der Waals surface area contributed by atoms with Crippen molar-refractivity contribution >= 4 is 17.4 Å². The monoisotopic (exact) mass is 240 g/mol. The van der Waals surface area contributed by atoms with Crippen molar-refractivity contribution in [2.24, 2.45) is 0 Å². The summed E-state index contributed by atoms with van der Waals surface area (Å²) in [4.78, 5) is 14.9. The van der Waals surface area contributed by atoms with Gasteiger partial charge in [0.2, 0.25) is 0 Å². The maximum atomic E-state index is 12.2. The Morgan fingerprint density at radius 2 is 2.50 bits per heavy atom. The molecule has 5 nitrogen and oxygen atoms in total. The van der Waals surface area contributed by atoms with Gasteiger partial charge in [-0.15, -0.1) is 5.10 Å². The summed E-state index contributed by atoms with van der Waals surface area (Å²) >= 11 is 1.19. The molecule has 0 spiro atoms. The minimum Gasteiger partial charge on any atom is -0.334 e. The molecule has 2 rings (SSSR count). The Balaban J connectivity index is 2.12. The summed E-state index contributed by atoms with van der Waals surface area (Å²) in [6.07, 6.45) is 2.17. The van der Waals surface area contributed by atoms with Crippen LogP contribution in [0.15, 0.2) is 0 Å². The van der Waals surface area contributed by atoms with Crippen molar-refractivity contribution in [3.63, 3.8) is 0 Å². The van der Waals surface area contributed by atoms with E-state index < -0.39 is 0 Å². The standard InChI is InChI=1S/C10H16N4OS/c1-7-9(16-13-12-7)10(15)14-5-3-4-8(14)6-11-2/h8,11H,3-6H2,1-2H3. The highest BCUT2D eigenvalue weighted by Crippen LogP contribution is 2.21. The van der Waals surface area contributed by atoms with E-state index in [2.05, 4.69) is 14.9 Å². The van der Waals surface area contributed by atoms with Gasteiger partial charge in [0.15, 0.2) is 0 Å². The van der Waals surface area contributed by atoms with Crippen LogP contribution in [0.2, 0.25) is 0 Å². The number of rotatable bonds is 3. The Bertz CT molecular complexity index is 379. The molecule has 1 fully saturated rings. The Labute approximate surface area is 99.0 Å². The molecule has 0 bridgehead atoms. The fourth-order valence-electron chi connectivity index (χ4n) is 2.11. The van der Waals surface area contributed by atoms with Gasteiger partial charge >= 0.3 is 0 Å². The summed E-state index contributed by atoms with van der Waals surface area (Å²) in [5, 5.41) is 7.02. The zero-order chi connectivity index (χ0) is 11.5. The predicted octanol–water partition coefficient (Wildman–Crippen LogP) is 0.671. The molecule has 1 atom stereocenters. The van der Waals surface area contributed by atoms with E-state index in [1.54, 1.807) is 0 Å². The van der Waals surface area contributed by atoms with Crippen molar-refractivity contribution in [1.82, 2.24) is 19.8 Å². The average Bonchev–Trinajstić information content (AvgIpc) is 2.87. The largest absolute Gasteiger partial charge is 0.334 e. The Hall–Kier alpha value is -1.01. The van der Waals surface area contributed by atoms with Gasteiger partial charge in [0.05, 0.1) is 5.69 Å². The van der Waals surface area contributed by atoms with Crippen molar-refractivity contribution in [3.8, 4) is 0 Å². The van der Waals surface area contributed by atoms with Gasteiger partial charge in [0, 0.05) is 19.1 Å². The van der Waals surface area contributed by atoms with Gasteiger partial charge in [-0.05, 0) is 38.3 Å². The zero-order valence-corrected chi connectivity index (χ0v) is 10.4. The van der Waals surface area contributed by atoms with E-state index in [0.717, 1.165) is 31.6 Å². The van der Waals surface area contributed by atoms with E-state index in [1.807, 2.05) is 18.9 Å². The Morgan fingerprint density at radius 1 is 1.69 bits per heavy atom. The first-order valence-electron chi connectivity index (χ1n) is 5.48. The van der Waals surface area contributed by atoms with Gasteiger partial charge in [-0.2, -0.15) is 0 Å². The lowest BCUT2D eigenvalue weighted by Gasteiger charge is -2.23. The third-order valence-corrected chi connectivity index (χ3v) is 3.74. The molecule has 1 N–H and O–H groups in total. The molecular formula is C10H16N4OS. The third-order valence-electron chi connectivity index (χ3n) is 2.92. The molecule has 16 heavy (non-hydrogen) atoms. The summed E-state index contributed by atoms with van der Waals surface area (Å²) in [6, 6.07) is 0.319. The first-order chi connectivity index (χ1) is 7.74. The quantitative estimate of drug-likeness (QED) is 0.843. The van der Waals surface area contributed by atoms with Gasteiger partial charge in [0.1, 0.15) is 4.88 Å². The lowest BCUT2D eigenvalue weighted by molar-refractivity contribution is 0.0741. The molecule has 1 aliphatic rings. The van der Waals surface area contributed by atoms with Crippen molar-refractivity contribution in [2.75, 3.05) is 20.1 Å². The van der Waals surface area contributed by atoms with Crippen LogP contribution in [0.4, 0.5) is 0 Å². The van der Waals surface area contributed by atoms with Crippen LogP contribution in [0.25, 0.3) is 0 Å². The SMILES string of the molecule is CNCC1CCCN1C(=O)c1snnc1C. The number of aromatic nitrogens is 2. The minimum absolute atomic E-state index is 0.0882. The molecular weight excluding hydrogens is 224 g/mol. The first-order valence-corrected chi connectivity index (χ1v) is 6.26. The molecule has 0 aromatic carbocycles. The number of aryl methyl sites for hydroxylation is 1. The van der Waals surface area contributed by atoms with Crippen LogP contribution in [0, 0.1) is 6.92 Å². The number of hydrogen-bond acceptors (Lipinski definition) is 5. The minimum atomic E-state index is 0.0882. The van der Waals surface area contributed by atoms with Crippen LogP contribution in [0.1, 0.15) is 28.2 Å². The molecule has 2 heterocycles. The van der Waals surface area contributed by atoms with E-state index in [4.69, 9.17) is 0 Å². The van der Waals surface area contributed by atoms with Crippen molar-refractivity contribution in [2.45, 2.75) is 25.8 Å². The average molecular weight is 240 g/mol. The molecule has 0 saturated carbocycles. The molecule has 6 heteroatoms. The number of likely N-dealkylation sites (tertiary alicyclic amines) is 1. The normalized spacial score (nSPS) is 20.4. The van der Waals surface area contributed by atoms with Gasteiger partial charge in [-0.25, -0.2) is 0 Å². The number of nitrogens with zero attached hydrogens (tertiary/aromatic N) is 3. The van der Waals surface area contributed by atoms with Crippen LogP contribution in [0.5, 0.6) is 0 Å². The number of nitrogens with one attached hydrogen (secondary N) is 1. The van der Waals surface area contributed by atoms with Crippen LogP contribution in [0.3, 0.4) is 0 Å². The highest BCUT2D eigenvalue weighted by Gasteiger charge is 2.30. The lowest BCUT2D eigenvalue weighted by Crippen LogP contribution is -2.40. The van der Waals surface area contributed by atoms with E-state index in [9.17, 15) is 4.79 Å². The maximum absolute atomic E-state index is 12.2. The predicted molar refractivity (Wildman–Crippen MR) is 62.6 cm³/mol. The van der Waals surface area contributed by atoms with Crippen LogP contribution < -0.4 is 5.32 Å². The highest BCUT2D eigenvalue weighted by atomic mass is 32.1. The molecule has 1 saturated heterocycles. The number of carbonyl (C=O) groups is 1. The molecule has 0 radical (unpaired) electrons. The van der Waals surface area contributed by atoms with E-state index >= 15 is 0 Å². The first kappa shape index (κ1) is 11.5. The fourth-order valence-corrected chi connectivity index (χ4v) is 2.72. The molecule has 1 aromatic rings. The second-order valence-electron chi connectivity index (χ2n) is 4.04. The highest BCUT2D eigenvalue weighted by molar-refractivity contribution is 7.07. The molecule has 1 amide bonds. The van der Waals surface area contributed by atoms with Gasteiger partial charge in [0.25, 0.3) is 5.91 Å². The van der Waals surface area contributed by atoms with Crippen molar-refractivity contribution < 1.29 is 4.79 Å². The molecule has 88 valence electrons. The second-order valence-corrected chi connectivity index (χ2v) is 4.79. The van der Waals surface area contributed by atoms with Crippen molar-refractivity contribution in [1.29, 1.82) is 0 Å². The van der Waals surface area contributed by atoms with Crippen LogP contribution >= 0.6 is 11.5 Å². The summed E-state index contributed by atoms with van der Waals surface area (Å²) in [6.45, 7) is 3.54. The summed E-state index contributed by atoms with van der Waals surface area (Å²) in [5.74, 6) is 0.0882. The summed E-state index contributed by atoms with van der Waals surface area (Å²) < 4.78 is 3.81. The second kappa shape index (κ2) is 4.88. The van der Waals surface area contributed by atoms with Crippen LogP contribution in [-0.2, 0) is 0 Å². The number of carbonyl (C=O) groups excluding carboxylic acids is 1. The van der Waals surface area contributed by atoms with E-state index in [1.165, 1.54) is 11.5 Å². The van der Waals surface area contributed by atoms with Gasteiger partial charge in [-0.1, -0.05) is 4.49 Å². The zero-order valence-electron chi connectivity index (χ0n) is 9.56. The van der Waals surface area contributed by atoms with Gasteiger partial charge < -0.3 is 10.2 Å². The van der Waals surface area contributed by atoms with E-state index in [-0.39, 0.29) is 5.91 Å². The topological polar surface area (TPSA) is 58.1 Å². The smallest absolute Gasteiger partial charge is 0.267 e. The van der Waals surface area contributed by atoms with Gasteiger partial charge in [-0.3, -0.25) is 4.79 Å². The summed E-state index contributed by atoms with van der Waals surface area (Å²) in [5.41, 5.74) is 0.741. The Kier molecular flexibility index (Phi) is 3.50. The number of amides is 1.